The van der Waals surface area contributed by atoms with Crippen molar-refractivity contribution in [3.8, 4) is 0 Å². The predicted octanol–water partition coefficient (Wildman–Crippen LogP) is 4.89. The van der Waals surface area contributed by atoms with Crippen molar-refractivity contribution in [2.45, 2.75) is 69.8 Å². The van der Waals surface area contributed by atoms with Gasteiger partial charge in [-0.2, -0.15) is 0 Å². The summed E-state index contributed by atoms with van der Waals surface area (Å²) in [5, 5.41) is 10.6. The highest BCUT2D eigenvalue weighted by atomic mass is 32.2. The van der Waals surface area contributed by atoms with Crippen LogP contribution in [0.3, 0.4) is 0 Å². The zero-order valence-corrected chi connectivity index (χ0v) is 15.9. The molecule has 126 valence electrons. The van der Waals surface area contributed by atoms with Gasteiger partial charge in [-0.15, -0.1) is 0 Å². The van der Waals surface area contributed by atoms with E-state index in [9.17, 15) is 5.11 Å². The molecule has 0 spiro atoms. The summed E-state index contributed by atoms with van der Waals surface area (Å²) in [5.74, 6) is 1.35. The Morgan fingerprint density at radius 2 is 1.70 bits per heavy atom. The number of hydrogen-bond donors (Lipinski definition) is 1. The van der Waals surface area contributed by atoms with Crippen molar-refractivity contribution in [1.29, 1.82) is 0 Å². The summed E-state index contributed by atoms with van der Waals surface area (Å²) >= 11 is 1.79. The molecule has 2 aromatic rings. The lowest BCUT2D eigenvalue weighted by molar-refractivity contribution is 0.293. The average Bonchev–Trinajstić information content (AvgIpc) is 2.76. The Kier molecular flexibility index (Phi) is 5.93. The maximum Gasteiger partial charge on any atom is 0.112 e. The molecule has 0 bridgehead atoms. The molecule has 23 heavy (non-hydrogen) atoms. The van der Waals surface area contributed by atoms with Gasteiger partial charge in [0.25, 0.3) is 0 Å². The minimum Gasteiger partial charge on any atom is -0.396 e. The van der Waals surface area contributed by atoms with Crippen LogP contribution in [0.5, 0.6) is 0 Å². The number of benzene rings is 1. The summed E-state index contributed by atoms with van der Waals surface area (Å²) < 4.78 is 2.29. The number of aromatic nitrogens is 2. The van der Waals surface area contributed by atoms with E-state index in [4.69, 9.17) is 4.98 Å². The van der Waals surface area contributed by atoms with E-state index in [-0.39, 0.29) is 6.61 Å². The first kappa shape index (κ1) is 18.1. The van der Waals surface area contributed by atoms with Crippen LogP contribution < -0.4 is 0 Å². The molecule has 0 saturated heterocycles. The van der Waals surface area contributed by atoms with Crippen LogP contribution in [0.15, 0.2) is 28.1 Å². The van der Waals surface area contributed by atoms with E-state index in [0.717, 1.165) is 11.5 Å². The molecule has 0 aliphatic rings. The molecule has 0 fully saturated rings. The van der Waals surface area contributed by atoms with E-state index in [0.29, 0.717) is 18.4 Å². The third-order valence-corrected chi connectivity index (χ3v) is 4.84. The lowest BCUT2D eigenvalue weighted by Crippen LogP contribution is -2.09. The van der Waals surface area contributed by atoms with E-state index in [2.05, 4.69) is 64.3 Å². The predicted molar refractivity (Wildman–Crippen MR) is 97.5 cm³/mol. The second-order valence-electron chi connectivity index (χ2n) is 6.74. The molecule has 4 heteroatoms. The second-order valence-corrected chi connectivity index (χ2v) is 7.80. The van der Waals surface area contributed by atoms with Crippen LogP contribution in [0.4, 0.5) is 0 Å². The van der Waals surface area contributed by atoms with Crippen molar-refractivity contribution in [2.24, 2.45) is 0 Å². The van der Waals surface area contributed by atoms with Crippen LogP contribution >= 0.6 is 11.8 Å². The summed E-state index contributed by atoms with van der Waals surface area (Å²) in [5.41, 5.74) is 3.70. The Bertz CT molecular complexity index is 654. The molecule has 0 amide bonds. The van der Waals surface area contributed by atoms with E-state index in [1.54, 1.807) is 11.8 Å². The number of aliphatic hydroxyl groups is 1. The minimum atomic E-state index is 0.134. The Hall–Kier alpha value is -1.26. The van der Waals surface area contributed by atoms with Gasteiger partial charge >= 0.3 is 0 Å². The Balaban J connectivity index is 2.53. The van der Waals surface area contributed by atoms with E-state index in [1.807, 2.05) is 0 Å². The summed E-state index contributed by atoms with van der Waals surface area (Å²) in [7, 11) is 0. The summed E-state index contributed by atoms with van der Waals surface area (Å²) in [6, 6.07) is 6.98. The first-order valence-electron chi connectivity index (χ1n) is 8.31. The number of aryl methyl sites for hydroxylation is 2. The Morgan fingerprint density at radius 1 is 1.09 bits per heavy atom. The summed E-state index contributed by atoms with van der Waals surface area (Å²) in [6.07, 6.45) is 0.602. The van der Waals surface area contributed by atoms with Crippen LogP contribution in [-0.2, 0) is 6.42 Å². The maximum absolute atomic E-state index is 9.37. The standard InChI is InChI=1S/C19H28N2OS/c1-12(2)18-19(21(13(3)4)17(20-18)7-8-22)23-16-10-14(5)9-15(6)11-16/h9-13,22H,7-8H2,1-6H3. The van der Waals surface area contributed by atoms with Crippen LogP contribution in [0.1, 0.15) is 62.3 Å². The van der Waals surface area contributed by atoms with Crippen molar-refractivity contribution in [3.05, 3.63) is 40.8 Å². The number of rotatable bonds is 6. The number of nitrogens with zero attached hydrogens (tertiary/aromatic N) is 2. The van der Waals surface area contributed by atoms with Gasteiger partial charge < -0.3 is 9.67 Å². The molecule has 0 radical (unpaired) electrons. The topological polar surface area (TPSA) is 38.1 Å². The minimum absolute atomic E-state index is 0.134. The van der Waals surface area contributed by atoms with Gasteiger partial charge in [0.1, 0.15) is 10.9 Å². The highest BCUT2D eigenvalue weighted by molar-refractivity contribution is 7.99. The average molecular weight is 333 g/mol. The third kappa shape index (κ3) is 4.18. The van der Waals surface area contributed by atoms with Crippen molar-refractivity contribution in [3.63, 3.8) is 0 Å². The van der Waals surface area contributed by atoms with Crippen LogP contribution in [0.2, 0.25) is 0 Å². The van der Waals surface area contributed by atoms with Crippen molar-refractivity contribution < 1.29 is 5.11 Å². The van der Waals surface area contributed by atoms with E-state index in [1.165, 1.54) is 21.0 Å². The lowest BCUT2D eigenvalue weighted by Gasteiger charge is -2.16. The second kappa shape index (κ2) is 7.54. The molecule has 1 aromatic carbocycles. The lowest BCUT2D eigenvalue weighted by atomic mass is 10.1. The van der Waals surface area contributed by atoms with E-state index < -0.39 is 0 Å². The fourth-order valence-corrected chi connectivity index (χ4v) is 4.38. The number of hydrogen-bond acceptors (Lipinski definition) is 3. The molecule has 1 aromatic heterocycles. The van der Waals surface area contributed by atoms with Gasteiger partial charge in [-0.3, -0.25) is 0 Å². The quantitative estimate of drug-likeness (QED) is 0.818. The molecule has 3 nitrogen and oxygen atoms in total. The van der Waals surface area contributed by atoms with Crippen molar-refractivity contribution >= 4 is 11.8 Å². The van der Waals surface area contributed by atoms with Gasteiger partial charge in [-0.05, 0) is 56.9 Å². The molecule has 0 saturated carbocycles. The first-order valence-corrected chi connectivity index (χ1v) is 9.13. The zero-order valence-electron chi connectivity index (χ0n) is 15.1. The Labute approximate surface area is 144 Å². The fourth-order valence-electron chi connectivity index (χ4n) is 2.87. The van der Waals surface area contributed by atoms with Gasteiger partial charge in [0.05, 0.1) is 12.3 Å². The number of aliphatic hydroxyl groups excluding tert-OH is 1. The van der Waals surface area contributed by atoms with Crippen molar-refractivity contribution in [1.82, 2.24) is 9.55 Å². The normalized spacial score (nSPS) is 11.7. The molecule has 0 unspecified atom stereocenters. The molecule has 0 aliphatic carbocycles. The molecule has 1 heterocycles. The largest absolute Gasteiger partial charge is 0.396 e. The van der Waals surface area contributed by atoms with E-state index >= 15 is 0 Å². The SMILES string of the molecule is Cc1cc(C)cc(Sc2c(C(C)C)nc(CCO)n2C(C)C)c1. The smallest absolute Gasteiger partial charge is 0.112 e. The van der Waals surface area contributed by atoms with Gasteiger partial charge in [0.2, 0.25) is 0 Å². The fraction of sp³-hybridized carbons (Fsp3) is 0.526. The van der Waals surface area contributed by atoms with Gasteiger partial charge in [-0.1, -0.05) is 31.7 Å². The monoisotopic (exact) mass is 332 g/mol. The van der Waals surface area contributed by atoms with Gasteiger partial charge in [-0.25, -0.2) is 4.98 Å². The molecular formula is C19H28N2OS. The van der Waals surface area contributed by atoms with Gasteiger partial charge in [0, 0.05) is 17.4 Å². The van der Waals surface area contributed by atoms with Gasteiger partial charge in [0.15, 0.2) is 0 Å². The molecule has 2 rings (SSSR count). The molecular weight excluding hydrogens is 304 g/mol. The molecule has 1 N–H and O–H groups in total. The Morgan fingerprint density at radius 3 is 2.17 bits per heavy atom. The molecule has 0 aliphatic heterocycles. The summed E-state index contributed by atoms with van der Waals surface area (Å²) in [6.45, 7) is 13.1. The van der Waals surface area contributed by atoms with Crippen LogP contribution in [0, 0.1) is 13.8 Å². The third-order valence-electron chi connectivity index (χ3n) is 3.77. The molecule has 0 atom stereocenters. The maximum atomic E-state index is 9.37. The summed E-state index contributed by atoms with van der Waals surface area (Å²) in [4.78, 5) is 6.10. The van der Waals surface area contributed by atoms with Crippen molar-refractivity contribution in [2.75, 3.05) is 6.61 Å². The zero-order chi connectivity index (χ0) is 17.1. The highest BCUT2D eigenvalue weighted by Gasteiger charge is 2.21. The van der Waals surface area contributed by atoms with Crippen LogP contribution in [-0.4, -0.2) is 21.3 Å². The van der Waals surface area contributed by atoms with Crippen LogP contribution in [0.25, 0.3) is 0 Å². The number of imidazole rings is 1. The highest BCUT2D eigenvalue weighted by Crippen LogP contribution is 2.37. The first-order chi connectivity index (χ1) is 10.8.